The highest BCUT2D eigenvalue weighted by Gasteiger charge is 2.24. The second-order valence-electron chi connectivity index (χ2n) is 5.95. The van der Waals surface area contributed by atoms with E-state index in [1.165, 1.54) is 31.7 Å². The monoisotopic (exact) mass is 296 g/mol. The number of nitrogens with zero attached hydrogens (tertiary/aromatic N) is 1. The molecule has 0 aliphatic carbocycles. The van der Waals surface area contributed by atoms with Crippen LogP contribution in [0.2, 0.25) is 0 Å². The molecule has 118 valence electrons. The molecule has 0 bridgehead atoms. The van der Waals surface area contributed by atoms with Crippen molar-refractivity contribution in [3.8, 4) is 0 Å². The molecule has 1 aliphatic heterocycles. The van der Waals surface area contributed by atoms with E-state index in [2.05, 4.69) is 17.1 Å². The second kappa shape index (κ2) is 7.85. The van der Waals surface area contributed by atoms with E-state index >= 15 is 0 Å². The van der Waals surface area contributed by atoms with Gasteiger partial charge in [-0.15, -0.1) is 0 Å². The van der Waals surface area contributed by atoms with E-state index in [9.17, 15) is 8.78 Å². The van der Waals surface area contributed by atoms with Crippen LogP contribution in [-0.4, -0.2) is 30.6 Å². The number of halogens is 2. The Hall–Kier alpha value is -1.00. The SMILES string of the molecule is CCNC(CN1CCCCCC1C)c1cccc(F)c1F. The van der Waals surface area contributed by atoms with Crippen LogP contribution in [0.15, 0.2) is 18.2 Å². The Balaban J connectivity index is 2.16. The summed E-state index contributed by atoms with van der Waals surface area (Å²) < 4.78 is 27.6. The molecule has 2 nitrogen and oxygen atoms in total. The molecule has 1 aliphatic rings. The van der Waals surface area contributed by atoms with Gasteiger partial charge in [0.15, 0.2) is 11.6 Å². The molecule has 0 radical (unpaired) electrons. The van der Waals surface area contributed by atoms with E-state index in [0.29, 0.717) is 11.6 Å². The summed E-state index contributed by atoms with van der Waals surface area (Å²) >= 11 is 0. The third-order valence-corrected chi connectivity index (χ3v) is 4.42. The van der Waals surface area contributed by atoms with Crippen LogP contribution in [0.5, 0.6) is 0 Å². The fourth-order valence-corrected chi connectivity index (χ4v) is 3.15. The van der Waals surface area contributed by atoms with Gasteiger partial charge in [0.1, 0.15) is 0 Å². The van der Waals surface area contributed by atoms with Crippen molar-refractivity contribution in [2.24, 2.45) is 0 Å². The molecule has 0 amide bonds. The standard InChI is InChI=1S/C17H26F2N2/c1-3-20-16(14-9-7-10-15(18)17(14)19)12-21-11-6-4-5-8-13(21)2/h7,9-10,13,16,20H,3-6,8,11-12H2,1-2H3. The molecule has 2 unspecified atom stereocenters. The Bertz CT molecular complexity index is 450. The molecule has 4 heteroatoms. The molecule has 0 spiro atoms. The van der Waals surface area contributed by atoms with Crippen LogP contribution >= 0.6 is 0 Å². The first kappa shape index (κ1) is 16.4. The maximum atomic E-state index is 14.1. The zero-order valence-electron chi connectivity index (χ0n) is 13.0. The number of rotatable bonds is 5. The van der Waals surface area contributed by atoms with Gasteiger partial charge in [-0.05, 0) is 38.9 Å². The van der Waals surface area contributed by atoms with Gasteiger partial charge in [0.2, 0.25) is 0 Å². The highest BCUT2D eigenvalue weighted by atomic mass is 19.2. The van der Waals surface area contributed by atoms with Crippen molar-refractivity contribution in [3.63, 3.8) is 0 Å². The van der Waals surface area contributed by atoms with Gasteiger partial charge in [0, 0.05) is 24.2 Å². The first-order chi connectivity index (χ1) is 10.1. The van der Waals surface area contributed by atoms with E-state index < -0.39 is 11.6 Å². The van der Waals surface area contributed by atoms with E-state index in [1.54, 1.807) is 12.1 Å². The van der Waals surface area contributed by atoms with Crippen molar-refractivity contribution in [1.82, 2.24) is 10.2 Å². The zero-order valence-corrected chi connectivity index (χ0v) is 13.0. The van der Waals surface area contributed by atoms with Crippen molar-refractivity contribution in [3.05, 3.63) is 35.4 Å². The number of nitrogens with one attached hydrogen (secondary N) is 1. The maximum Gasteiger partial charge on any atom is 0.163 e. The molecule has 1 saturated heterocycles. The second-order valence-corrected chi connectivity index (χ2v) is 5.95. The van der Waals surface area contributed by atoms with Gasteiger partial charge < -0.3 is 5.32 Å². The van der Waals surface area contributed by atoms with Crippen LogP contribution in [0.3, 0.4) is 0 Å². The van der Waals surface area contributed by atoms with Crippen molar-refractivity contribution in [1.29, 1.82) is 0 Å². The Labute approximate surface area is 126 Å². The van der Waals surface area contributed by atoms with Gasteiger partial charge in [-0.2, -0.15) is 0 Å². The molecule has 1 aromatic carbocycles. The average molecular weight is 296 g/mol. The summed E-state index contributed by atoms with van der Waals surface area (Å²) in [6.45, 7) is 6.74. The number of likely N-dealkylation sites (N-methyl/N-ethyl adjacent to an activating group) is 1. The summed E-state index contributed by atoms with van der Waals surface area (Å²) in [6.07, 6.45) is 4.90. The highest BCUT2D eigenvalue weighted by molar-refractivity contribution is 5.23. The molecule has 1 aromatic rings. The predicted molar refractivity (Wildman–Crippen MR) is 82.3 cm³/mol. The quantitative estimate of drug-likeness (QED) is 0.887. The fourth-order valence-electron chi connectivity index (χ4n) is 3.15. The first-order valence-corrected chi connectivity index (χ1v) is 8.04. The van der Waals surface area contributed by atoms with Gasteiger partial charge in [-0.25, -0.2) is 8.78 Å². The van der Waals surface area contributed by atoms with Crippen molar-refractivity contribution >= 4 is 0 Å². The lowest BCUT2D eigenvalue weighted by Gasteiger charge is -2.31. The number of likely N-dealkylation sites (tertiary alicyclic amines) is 1. The number of benzene rings is 1. The van der Waals surface area contributed by atoms with Gasteiger partial charge in [0.05, 0.1) is 0 Å². The molecule has 1 N–H and O–H groups in total. The summed E-state index contributed by atoms with van der Waals surface area (Å²) in [6, 6.07) is 4.80. The fraction of sp³-hybridized carbons (Fsp3) is 0.647. The maximum absolute atomic E-state index is 14.1. The topological polar surface area (TPSA) is 15.3 Å². The summed E-state index contributed by atoms with van der Waals surface area (Å²) in [5, 5.41) is 3.31. The number of hydrogen-bond acceptors (Lipinski definition) is 2. The van der Waals surface area contributed by atoms with Gasteiger partial charge in [-0.1, -0.05) is 31.9 Å². The molecule has 1 fully saturated rings. The number of hydrogen-bond donors (Lipinski definition) is 1. The Morgan fingerprint density at radius 3 is 2.86 bits per heavy atom. The average Bonchev–Trinajstić information content (AvgIpc) is 2.67. The van der Waals surface area contributed by atoms with E-state index in [1.807, 2.05) is 6.92 Å². The molecule has 2 atom stereocenters. The van der Waals surface area contributed by atoms with Crippen molar-refractivity contribution < 1.29 is 8.78 Å². The minimum absolute atomic E-state index is 0.161. The molecule has 0 saturated carbocycles. The van der Waals surface area contributed by atoms with Crippen LogP contribution in [0.1, 0.15) is 51.1 Å². The Morgan fingerprint density at radius 1 is 1.29 bits per heavy atom. The van der Waals surface area contributed by atoms with Gasteiger partial charge >= 0.3 is 0 Å². The Kier molecular flexibility index (Phi) is 6.12. The lowest BCUT2D eigenvalue weighted by Crippen LogP contribution is -2.40. The van der Waals surface area contributed by atoms with Crippen molar-refractivity contribution in [2.75, 3.05) is 19.6 Å². The van der Waals surface area contributed by atoms with Crippen LogP contribution < -0.4 is 5.32 Å². The molecular formula is C17H26F2N2. The summed E-state index contributed by atoms with van der Waals surface area (Å²) in [5.41, 5.74) is 0.438. The predicted octanol–water partition coefficient (Wildman–Crippen LogP) is 3.88. The minimum Gasteiger partial charge on any atom is -0.309 e. The third-order valence-electron chi connectivity index (χ3n) is 4.42. The molecule has 0 aromatic heterocycles. The van der Waals surface area contributed by atoms with E-state index in [-0.39, 0.29) is 6.04 Å². The lowest BCUT2D eigenvalue weighted by molar-refractivity contribution is 0.189. The summed E-state index contributed by atoms with van der Waals surface area (Å²) in [5.74, 6) is -1.48. The lowest BCUT2D eigenvalue weighted by atomic mass is 10.0. The molecule has 2 rings (SSSR count). The molecular weight excluding hydrogens is 270 g/mol. The third kappa shape index (κ3) is 4.24. The van der Waals surface area contributed by atoms with Gasteiger partial charge in [-0.3, -0.25) is 4.90 Å². The largest absolute Gasteiger partial charge is 0.309 e. The summed E-state index contributed by atoms with van der Waals surface area (Å²) in [4.78, 5) is 2.41. The van der Waals surface area contributed by atoms with Crippen LogP contribution in [0, 0.1) is 11.6 Å². The zero-order chi connectivity index (χ0) is 15.2. The smallest absolute Gasteiger partial charge is 0.163 e. The first-order valence-electron chi connectivity index (χ1n) is 8.04. The summed E-state index contributed by atoms with van der Waals surface area (Å²) in [7, 11) is 0. The van der Waals surface area contributed by atoms with Crippen LogP contribution in [-0.2, 0) is 0 Å². The van der Waals surface area contributed by atoms with Crippen LogP contribution in [0.4, 0.5) is 8.78 Å². The minimum atomic E-state index is -0.765. The van der Waals surface area contributed by atoms with Crippen LogP contribution in [0.25, 0.3) is 0 Å². The Morgan fingerprint density at radius 2 is 2.10 bits per heavy atom. The molecule has 1 heterocycles. The van der Waals surface area contributed by atoms with Crippen molar-refractivity contribution in [2.45, 2.75) is 51.6 Å². The highest BCUT2D eigenvalue weighted by Crippen LogP contribution is 2.24. The normalized spacial score (nSPS) is 22.0. The van der Waals surface area contributed by atoms with E-state index in [0.717, 1.165) is 19.6 Å². The van der Waals surface area contributed by atoms with E-state index in [4.69, 9.17) is 0 Å². The van der Waals surface area contributed by atoms with Gasteiger partial charge in [0.25, 0.3) is 0 Å². The molecule has 21 heavy (non-hydrogen) atoms.